The monoisotopic (exact) mass is 111 g/mol. The lowest BCUT2D eigenvalue weighted by atomic mass is 10.0. The van der Waals surface area contributed by atoms with Crippen LogP contribution in [0.4, 0.5) is 0 Å². The molecule has 0 heterocycles. The molecule has 2 rings (SSSR count). The van der Waals surface area contributed by atoms with Gasteiger partial charge in [-0.15, -0.1) is 0 Å². The van der Waals surface area contributed by atoms with E-state index in [-0.39, 0.29) is 0 Å². The molecule has 0 aromatic rings. The fraction of sp³-hybridized carbons (Fsp3) is 1.00. The molecule has 4 unspecified atom stereocenters. The van der Waals surface area contributed by atoms with E-state index in [1.165, 1.54) is 6.42 Å². The zero-order valence-electron chi connectivity index (χ0n) is 5.52. The fourth-order valence-electron chi connectivity index (χ4n) is 2.22. The van der Waals surface area contributed by atoms with Crippen molar-refractivity contribution in [2.75, 3.05) is 0 Å². The van der Waals surface area contributed by atoms with Crippen molar-refractivity contribution in [2.24, 2.45) is 23.0 Å². The van der Waals surface area contributed by atoms with E-state index in [4.69, 9.17) is 5.73 Å². The van der Waals surface area contributed by atoms with Gasteiger partial charge in [-0.3, -0.25) is 0 Å². The first-order valence-electron chi connectivity index (χ1n) is 3.45. The van der Waals surface area contributed by atoms with E-state index >= 15 is 0 Å². The average Bonchev–Trinajstić information content (AvgIpc) is 2.47. The summed E-state index contributed by atoms with van der Waals surface area (Å²) in [5, 5.41) is 0. The van der Waals surface area contributed by atoms with Crippen LogP contribution in [0.1, 0.15) is 20.3 Å². The number of fused-ring (bicyclic) bond motifs is 1. The Kier molecular flexibility index (Phi) is 0.583. The predicted octanol–water partition coefficient (Wildman–Crippen LogP) is 0.990. The fourth-order valence-corrected chi connectivity index (χ4v) is 2.22. The average molecular weight is 111 g/mol. The number of hydrogen-bond donors (Lipinski definition) is 1. The first-order valence-corrected chi connectivity index (χ1v) is 3.45. The predicted molar refractivity (Wildman–Crippen MR) is 33.4 cm³/mol. The van der Waals surface area contributed by atoms with Crippen LogP contribution in [0.25, 0.3) is 0 Å². The highest BCUT2D eigenvalue weighted by Crippen LogP contribution is 2.80. The van der Waals surface area contributed by atoms with Crippen LogP contribution in [0.5, 0.6) is 0 Å². The van der Waals surface area contributed by atoms with E-state index in [1.807, 2.05) is 0 Å². The molecule has 4 atom stereocenters. The van der Waals surface area contributed by atoms with Crippen LogP contribution in [0.2, 0.25) is 0 Å². The molecule has 0 bridgehead atoms. The van der Waals surface area contributed by atoms with Crippen molar-refractivity contribution in [3.63, 3.8) is 0 Å². The molecule has 2 aliphatic rings. The Balaban J connectivity index is 2.09. The van der Waals surface area contributed by atoms with Gasteiger partial charge in [0.05, 0.1) is 0 Å². The van der Waals surface area contributed by atoms with E-state index in [1.54, 1.807) is 0 Å². The van der Waals surface area contributed by atoms with Gasteiger partial charge in [-0.05, 0) is 30.6 Å². The minimum Gasteiger partial charge on any atom is -0.327 e. The lowest BCUT2D eigenvalue weighted by Gasteiger charge is -2.10. The number of rotatable bonds is 1. The van der Waals surface area contributed by atoms with E-state index in [9.17, 15) is 0 Å². The maximum Gasteiger partial charge on any atom is 0.00725 e. The largest absolute Gasteiger partial charge is 0.327 e. The molecule has 2 aliphatic carbocycles. The van der Waals surface area contributed by atoms with Gasteiger partial charge in [0.25, 0.3) is 0 Å². The van der Waals surface area contributed by atoms with Crippen molar-refractivity contribution in [3.8, 4) is 0 Å². The quantitative estimate of drug-likeness (QED) is 0.536. The Morgan fingerprint density at radius 2 is 2.25 bits per heavy atom. The van der Waals surface area contributed by atoms with Gasteiger partial charge < -0.3 is 5.73 Å². The summed E-state index contributed by atoms with van der Waals surface area (Å²) >= 11 is 0. The van der Waals surface area contributed by atoms with E-state index in [0.29, 0.717) is 11.5 Å². The third kappa shape index (κ3) is 0.278. The van der Waals surface area contributed by atoms with E-state index < -0.39 is 0 Å². The van der Waals surface area contributed by atoms with Gasteiger partial charge in [0.2, 0.25) is 0 Å². The van der Waals surface area contributed by atoms with Gasteiger partial charge in [0, 0.05) is 6.04 Å². The summed E-state index contributed by atoms with van der Waals surface area (Å²) in [5.41, 5.74) is 6.42. The second-order valence-electron chi connectivity index (χ2n) is 3.50. The lowest BCUT2D eigenvalue weighted by Crippen LogP contribution is -2.24. The Hall–Kier alpha value is -0.0400. The molecule has 2 fully saturated rings. The lowest BCUT2D eigenvalue weighted by molar-refractivity contribution is 0.449. The number of hydrogen-bond acceptors (Lipinski definition) is 1. The van der Waals surface area contributed by atoms with Crippen molar-refractivity contribution in [2.45, 2.75) is 26.3 Å². The summed E-state index contributed by atoms with van der Waals surface area (Å²) in [6.07, 6.45) is 1.42. The smallest absolute Gasteiger partial charge is 0.00725 e. The van der Waals surface area contributed by atoms with Crippen LogP contribution < -0.4 is 5.73 Å². The van der Waals surface area contributed by atoms with Crippen LogP contribution in [0, 0.1) is 17.3 Å². The molecule has 0 aromatic carbocycles. The SMILES string of the molecule is CC(N)C12CC1C2C. The van der Waals surface area contributed by atoms with Crippen LogP contribution in [0.15, 0.2) is 0 Å². The highest BCUT2D eigenvalue weighted by Gasteiger charge is 2.77. The number of nitrogens with two attached hydrogens (primary N) is 1. The molecule has 46 valence electrons. The summed E-state index contributed by atoms with van der Waals surface area (Å²) in [6, 6.07) is 0.461. The Labute approximate surface area is 50.3 Å². The van der Waals surface area contributed by atoms with Gasteiger partial charge >= 0.3 is 0 Å². The molecule has 1 heteroatoms. The molecule has 0 amide bonds. The molecule has 2 saturated carbocycles. The summed E-state index contributed by atoms with van der Waals surface area (Å²) in [5.74, 6) is 1.99. The van der Waals surface area contributed by atoms with Crippen LogP contribution in [-0.4, -0.2) is 6.04 Å². The highest BCUT2D eigenvalue weighted by atomic mass is 14.9. The van der Waals surface area contributed by atoms with Crippen LogP contribution in [0.3, 0.4) is 0 Å². The zero-order valence-corrected chi connectivity index (χ0v) is 5.52. The summed E-state index contributed by atoms with van der Waals surface area (Å²) < 4.78 is 0. The van der Waals surface area contributed by atoms with Crippen molar-refractivity contribution in [1.29, 1.82) is 0 Å². The molecule has 0 aliphatic heterocycles. The van der Waals surface area contributed by atoms with E-state index in [2.05, 4.69) is 13.8 Å². The first-order chi connectivity index (χ1) is 3.69. The molecule has 0 aromatic heterocycles. The van der Waals surface area contributed by atoms with Gasteiger partial charge in [-0.25, -0.2) is 0 Å². The van der Waals surface area contributed by atoms with Crippen LogP contribution in [-0.2, 0) is 0 Å². The Bertz CT molecular complexity index is 124. The maximum atomic E-state index is 5.76. The van der Waals surface area contributed by atoms with Crippen molar-refractivity contribution in [1.82, 2.24) is 0 Å². The molecular weight excluding hydrogens is 98.1 g/mol. The first kappa shape index (κ1) is 4.80. The van der Waals surface area contributed by atoms with Crippen molar-refractivity contribution >= 4 is 0 Å². The summed E-state index contributed by atoms with van der Waals surface area (Å²) in [7, 11) is 0. The molecule has 1 nitrogen and oxygen atoms in total. The molecule has 0 radical (unpaired) electrons. The minimum atomic E-state index is 0.461. The molecule has 2 N–H and O–H groups in total. The maximum absolute atomic E-state index is 5.76. The molecular formula is C7H13N. The van der Waals surface area contributed by atoms with Crippen molar-refractivity contribution in [3.05, 3.63) is 0 Å². The molecule has 0 spiro atoms. The zero-order chi connectivity index (χ0) is 5.94. The summed E-state index contributed by atoms with van der Waals surface area (Å²) in [4.78, 5) is 0. The Morgan fingerprint density at radius 3 is 2.25 bits per heavy atom. The van der Waals surface area contributed by atoms with Gasteiger partial charge in [-0.1, -0.05) is 6.92 Å². The molecule has 0 saturated heterocycles. The highest BCUT2D eigenvalue weighted by molar-refractivity contribution is 5.26. The van der Waals surface area contributed by atoms with E-state index in [0.717, 1.165) is 11.8 Å². The topological polar surface area (TPSA) is 26.0 Å². The second-order valence-corrected chi connectivity index (χ2v) is 3.50. The van der Waals surface area contributed by atoms with Gasteiger partial charge in [-0.2, -0.15) is 0 Å². The Morgan fingerprint density at radius 1 is 1.75 bits per heavy atom. The van der Waals surface area contributed by atoms with Gasteiger partial charge in [0.15, 0.2) is 0 Å². The third-order valence-corrected chi connectivity index (χ3v) is 3.29. The van der Waals surface area contributed by atoms with Gasteiger partial charge in [0.1, 0.15) is 0 Å². The minimum absolute atomic E-state index is 0.461. The third-order valence-electron chi connectivity index (χ3n) is 3.29. The summed E-state index contributed by atoms with van der Waals surface area (Å²) in [6.45, 7) is 4.46. The second kappa shape index (κ2) is 0.971. The standard InChI is InChI=1S/C7H13N/c1-4-6-3-7(4,6)5(2)8/h4-6H,3,8H2,1-2H3. The van der Waals surface area contributed by atoms with Crippen molar-refractivity contribution < 1.29 is 0 Å². The molecule has 8 heavy (non-hydrogen) atoms. The van der Waals surface area contributed by atoms with Crippen LogP contribution >= 0.6 is 0 Å². The normalized spacial score (nSPS) is 61.9.